The van der Waals surface area contributed by atoms with Gasteiger partial charge in [-0.1, -0.05) is 158 Å². The minimum absolute atomic E-state index is 1.09. The van der Waals surface area contributed by atoms with E-state index in [1.165, 1.54) is 70.5 Å². The van der Waals surface area contributed by atoms with Crippen LogP contribution in [0.1, 0.15) is 0 Å². The van der Waals surface area contributed by atoms with Crippen molar-refractivity contribution in [3.05, 3.63) is 206 Å². The molecule has 2 nitrogen and oxygen atoms in total. The van der Waals surface area contributed by atoms with Gasteiger partial charge in [0.05, 0.1) is 16.7 Å². The van der Waals surface area contributed by atoms with Crippen molar-refractivity contribution < 1.29 is 0 Å². The predicted molar refractivity (Wildman–Crippen MR) is 231 cm³/mol. The average molecular weight is 687 g/mol. The zero-order valence-corrected chi connectivity index (χ0v) is 29.5. The van der Waals surface area contributed by atoms with Crippen molar-refractivity contribution in [2.24, 2.45) is 0 Å². The molecular formula is C52H34N2. The van der Waals surface area contributed by atoms with Crippen molar-refractivity contribution in [2.75, 3.05) is 4.90 Å². The van der Waals surface area contributed by atoms with Gasteiger partial charge in [0, 0.05) is 33.2 Å². The molecule has 252 valence electrons. The standard InChI is InChI=1S/C52H34N2/c1-3-15-35(16-4-1)39-31-41(34-42(32-39)54-48-26-14-13-25-47(48)52-44-22-10-8-18-37(44)29-30-49(52)54)53(40-19-5-2-6-20-40)50-33-38-28-27-36-17-7-9-21-43(36)51(38)46-24-12-11-23-45(46)50/h1-34H. The van der Waals surface area contributed by atoms with E-state index in [9.17, 15) is 0 Å². The first-order valence-electron chi connectivity index (χ1n) is 18.6. The highest BCUT2D eigenvalue weighted by atomic mass is 15.1. The van der Waals surface area contributed by atoms with E-state index < -0.39 is 0 Å². The van der Waals surface area contributed by atoms with Crippen molar-refractivity contribution in [3.63, 3.8) is 0 Å². The third-order valence-corrected chi connectivity index (χ3v) is 11.1. The number of benzene rings is 10. The summed E-state index contributed by atoms with van der Waals surface area (Å²) in [7, 11) is 0. The third-order valence-electron chi connectivity index (χ3n) is 11.1. The first-order chi connectivity index (χ1) is 26.8. The summed E-state index contributed by atoms with van der Waals surface area (Å²) >= 11 is 0. The smallest absolute Gasteiger partial charge is 0.0547 e. The van der Waals surface area contributed by atoms with Crippen LogP contribution in [0.5, 0.6) is 0 Å². The molecule has 0 N–H and O–H groups in total. The van der Waals surface area contributed by atoms with Gasteiger partial charge < -0.3 is 9.47 Å². The molecule has 0 aliphatic heterocycles. The van der Waals surface area contributed by atoms with Gasteiger partial charge in [0.2, 0.25) is 0 Å². The summed E-state index contributed by atoms with van der Waals surface area (Å²) in [5.74, 6) is 0. The number of hydrogen-bond acceptors (Lipinski definition) is 1. The summed E-state index contributed by atoms with van der Waals surface area (Å²) in [6.07, 6.45) is 0. The normalized spacial score (nSPS) is 11.7. The zero-order chi connectivity index (χ0) is 35.6. The van der Waals surface area contributed by atoms with E-state index in [0.29, 0.717) is 0 Å². The Morgan fingerprint density at radius 1 is 0.315 bits per heavy atom. The van der Waals surface area contributed by atoms with Crippen LogP contribution < -0.4 is 4.90 Å². The van der Waals surface area contributed by atoms with Crippen LogP contribution in [0.15, 0.2) is 206 Å². The van der Waals surface area contributed by atoms with E-state index in [4.69, 9.17) is 0 Å². The Morgan fingerprint density at radius 3 is 1.65 bits per heavy atom. The Hall–Kier alpha value is -7.16. The molecule has 1 heterocycles. The lowest BCUT2D eigenvalue weighted by molar-refractivity contribution is 1.17. The van der Waals surface area contributed by atoms with E-state index in [1.54, 1.807) is 0 Å². The number of hydrogen-bond donors (Lipinski definition) is 0. The van der Waals surface area contributed by atoms with E-state index in [-0.39, 0.29) is 0 Å². The molecule has 0 fully saturated rings. The predicted octanol–water partition coefficient (Wildman–Crippen LogP) is 14.5. The second kappa shape index (κ2) is 12.2. The average Bonchev–Trinajstić information content (AvgIpc) is 3.59. The van der Waals surface area contributed by atoms with Crippen LogP contribution >= 0.6 is 0 Å². The zero-order valence-electron chi connectivity index (χ0n) is 29.5. The topological polar surface area (TPSA) is 8.17 Å². The first-order valence-corrected chi connectivity index (χ1v) is 18.6. The molecule has 11 aromatic rings. The number of fused-ring (bicyclic) bond motifs is 10. The van der Waals surface area contributed by atoms with E-state index >= 15 is 0 Å². The highest BCUT2D eigenvalue weighted by Gasteiger charge is 2.21. The maximum absolute atomic E-state index is 2.46. The molecule has 0 saturated carbocycles. The summed E-state index contributed by atoms with van der Waals surface area (Å²) in [5.41, 5.74) is 9.17. The Morgan fingerprint density at radius 2 is 0.889 bits per heavy atom. The highest BCUT2D eigenvalue weighted by Crippen LogP contribution is 2.46. The maximum atomic E-state index is 2.46. The molecule has 1 aromatic heterocycles. The van der Waals surface area contributed by atoms with Crippen LogP contribution in [0, 0.1) is 0 Å². The number of para-hydroxylation sites is 2. The Balaban J connectivity index is 1.25. The molecule has 11 rings (SSSR count). The summed E-state index contributed by atoms with van der Waals surface area (Å²) in [6.45, 7) is 0. The SMILES string of the molecule is c1ccc(-c2cc(N(c3ccccc3)c3cc4ccc5ccccc5c4c4ccccc34)cc(-n3c4ccccc4c4c5ccccc5ccc43)c2)cc1. The molecule has 0 radical (unpaired) electrons. The molecule has 0 bridgehead atoms. The van der Waals surface area contributed by atoms with Gasteiger partial charge in [-0.15, -0.1) is 0 Å². The van der Waals surface area contributed by atoms with Gasteiger partial charge in [-0.3, -0.25) is 0 Å². The lowest BCUT2D eigenvalue weighted by Gasteiger charge is -2.29. The Bertz CT molecular complexity index is 3210. The largest absolute Gasteiger partial charge is 0.310 e. The first kappa shape index (κ1) is 30.5. The van der Waals surface area contributed by atoms with Gasteiger partial charge in [0.15, 0.2) is 0 Å². The van der Waals surface area contributed by atoms with Gasteiger partial charge >= 0.3 is 0 Å². The van der Waals surface area contributed by atoms with Crippen molar-refractivity contribution in [1.82, 2.24) is 4.57 Å². The molecule has 10 aromatic carbocycles. The van der Waals surface area contributed by atoms with Crippen molar-refractivity contribution in [2.45, 2.75) is 0 Å². The molecule has 0 atom stereocenters. The Labute approximate surface area is 313 Å². The van der Waals surface area contributed by atoms with Crippen LogP contribution in [-0.4, -0.2) is 4.57 Å². The minimum Gasteiger partial charge on any atom is -0.310 e. The van der Waals surface area contributed by atoms with Crippen molar-refractivity contribution >= 4 is 82.0 Å². The van der Waals surface area contributed by atoms with Crippen LogP contribution in [-0.2, 0) is 0 Å². The Kier molecular flexibility index (Phi) is 6.90. The number of nitrogens with zero attached hydrogens (tertiary/aromatic N) is 2. The molecule has 0 amide bonds. The van der Waals surface area contributed by atoms with Crippen LogP contribution in [0.3, 0.4) is 0 Å². The van der Waals surface area contributed by atoms with E-state index in [1.807, 2.05) is 0 Å². The van der Waals surface area contributed by atoms with E-state index in [2.05, 4.69) is 216 Å². The molecule has 54 heavy (non-hydrogen) atoms. The molecule has 0 aliphatic carbocycles. The summed E-state index contributed by atoms with van der Waals surface area (Å²) in [5, 5.41) is 12.5. The van der Waals surface area contributed by atoms with Crippen LogP contribution in [0.4, 0.5) is 17.1 Å². The fourth-order valence-corrected chi connectivity index (χ4v) is 8.72. The molecular weight excluding hydrogens is 653 g/mol. The fraction of sp³-hybridized carbons (Fsp3) is 0. The van der Waals surface area contributed by atoms with Gasteiger partial charge in [0.1, 0.15) is 0 Å². The van der Waals surface area contributed by atoms with Gasteiger partial charge in [-0.25, -0.2) is 0 Å². The third kappa shape index (κ3) is 4.74. The van der Waals surface area contributed by atoms with Gasteiger partial charge in [0.25, 0.3) is 0 Å². The minimum atomic E-state index is 1.09. The maximum Gasteiger partial charge on any atom is 0.0547 e. The fourth-order valence-electron chi connectivity index (χ4n) is 8.72. The molecule has 0 unspecified atom stereocenters. The number of anilines is 3. The van der Waals surface area contributed by atoms with Crippen molar-refractivity contribution in [3.8, 4) is 16.8 Å². The molecule has 2 heteroatoms. The number of rotatable bonds is 5. The monoisotopic (exact) mass is 686 g/mol. The second-order valence-corrected chi connectivity index (χ2v) is 14.1. The van der Waals surface area contributed by atoms with Gasteiger partial charge in [-0.2, -0.15) is 0 Å². The lowest BCUT2D eigenvalue weighted by atomic mass is 9.94. The second-order valence-electron chi connectivity index (χ2n) is 14.1. The van der Waals surface area contributed by atoms with Crippen LogP contribution in [0.2, 0.25) is 0 Å². The summed E-state index contributed by atoms with van der Waals surface area (Å²) < 4.78 is 2.46. The lowest BCUT2D eigenvalue weighted by Crippen LogP contribution is -2.11. The highest BCUT2D eigenvalue weighted by molar-refractivity contribution is 6.24. The molecule has 0 aliphatic rings. The van der Waals surface area contributed by atoms with E-state index in [0.717, 1.165) is 28.3 Å². The molecule has 0 spiro atoms. The van der Waals surface area contributed by atoms with Gasteiger partial charge in [-0.05, 0) is 97.4 Å². The quantitative estimate of drug-likeness (QED) is 0.164. The number of aromatic nitrogens is 1. The van der Waals surface area contributed by atoms with Crippen molar-refractivity contribution in [1.29, 1.82) is 0 Å². The molecule has 0 saturated heterocycles. The summed E-state index contributed by atoms with van der Waals surface area (Å²) in [4.78, 5) is 2.45. The van der Waals surface area contributed by atoms with Crippen LogP contribution in [0.25, 0.3) is 81.7 Å². The summed E-state index contributed by atoms with van der Waals surface area (Å²) in [6, 6.07) is 75.4.